The number of pyridine rings is 1. The van der Waals surface area contributed by atoms with Gasteiger partial charge in [-0.15, -0.1) is 0 Å². The molecule has 3 rings (SSSR count). The van der Waals surface area contributed by atoms with Crippen molar-refractivity contribution in [3.63, 3.8) is 0 Å². The summed E-state index contributed by atoms with van der Waals surface area (Å²) in [6.45, 7) is 5.18. The summed E-state index contributed by atoms with van der Waals surface area (Å²) in [5.74, 6) is -8.21. The topological polar surface area (TPSA) is 103 Å². The molecule has 0 spiro atoms. The SMILES string of the molecule is Cc1c(C(C)(F)F)nn(CC2(C)CC(F)(F)CC2C)c1C(=O)Nc1ccnc(C(N)=O)c1. The molecule has 11 heteroatoms. The zero-order chi connectivity index (χ0) is 24.1. The lowest BCUT2D eigenvalue weighted by Crippen LogP contribution is -2.30. The highest BCUT2D eigenvalue weighted by molar-refractivity contribution is 6.04. The summed E-state index contributed by atoms with van der Waals surface area (Å²) in [5, 5.41) is 6.48. The normalized spacial score (nSPS) is 22.7. The number of aromatic nitrogens is 3. The van der Waals surface area contributed by atoms with E-state index in [0.717, 1.165) is 4.68 Å². The fraction of sp³-hybridized carbons (Fsp3) is 0.524. The number of amides is 2. The van der Waals surface area contributed by atoms with E-state index in [1.807, 2.05) is 0 Å². The molecule has 0 saturated heterocycles. The molecule has 2 amide bonds. The van der Waals surface area contributed by atoms with E-state index < -0.39 is 47.1 Å². The lowest BCUT2D eigenvalue weighted by atomic mass is 9.81. The first-order valence-corrected chi connectivity index (χ1v) is 10.0. The van der Waals surface area contributed by atoms with Gasteiger partial charge in [-0.05, 0) is 30.4 Å². The van der Waals surface area contributed by atoms with E-state index in [4.69, 9.17) is 5.73 Å². The Kier molecular flexibility index (Phi) is 5.82. The molecular formula is C21H25F4N5O2. The molecule has 2 atom stereocenters. The van der Waals surface area contributed by atoms with Crippen LogP contribution in [0.15, 0.2) is 18.3 Å². The van der Waals surface area contributed by atoms with Gasteiger partial charge in [0.25, 0.3) is 17.7 Å². The summed E-state index contributed by atoms with van der Waals surface area (Å²) < 4.78 is 57.5. The minimum absolute atomic E-state index is 0.0554. The summed E-state index contributed by atoms with van der Waals surface area (Å²) in [4.78, 5) is 28.2. The van der Waals surface area contributed by atoms with E-state index in [-0.39, 0.29) is 35.6 Å². The Bertz CT molecular complexity index is 1060. The maximum Gasteiger partial charge on any atom is 0.289 e. The molecule has 0 aliphatic heterocycles. The largest absolute Gasteiger partial charge is 0.364 e. The van der Waals surface area contributed by atoms with E-state index in [2.05, 4.69) is 15.4 Å². The zero-order valence-electron chi connectivity index (χ0n) is 18.2. The first-order chi connectivity index (χ1) is 14.6. The molecule has 2 heterocycles. The summed E-state index contributed by atoms with van der Waals surface area (Å²) in [6, 6.07) is 2.64. The van der Waals surface area contributed by atoms with E-state index in [1.165, 1.54) is 25.3 Å². The Morgan fingerprint density at radius 3 is 2.56 bits per heavy atom. The molecule has 32 heavy (non-hydrogen) atoms. The second-order valence-corrected chi connectivity index (χ2v) is 8.91. The summed E-state index contributed by atoms with van der Waals surface area (Å²) in [7, 11) is 0. The Balaban J connectivity index is 2.01. The molecule has 0 radical (unpaired) electrons. The smallest absolute Gasteiger partial charge is 0.289 e. The van der Waals surface area contributed by atoms with E-state index in [9.17, 15) is 27.2 Å². The second kappa shape index (κ2) is 7.86. The number of hydrogen-bond donors (Lipinski definition) is 2. The molecule has 1 aliphatic carbocycles. The lowest BCUT2D eigenvalue weighted by Gasteiger charge is -2.29. The van der Waals surface area contributed by atoms with Crippen molar-refractivity contribution in [2.24, 2.45) is 17.1 Å². The Hall–Kier alpha value is -2.98. The molecule has 1 aliphatic rings. The number of halogens is 4. The van der Waals surface area contributed by atoms with Gasteiger partial charge in [-0.1, -0.05) is 13.8 Å². The van der Waals surface area contributed by atoms with Crippen LogP contribution >= 0.6 is 0 Å². The number of primary amides is 1. The highest BCUT2D eigenvalue weighted by atomic mass is 19.3. The Morgan fingerprint density at radius 1 is 1.38 bits per heavy atom. The number of alkyl halides is 4. The first kappa shape index (κ1) is 23.7. The van der Waals surface area contributed by atoms with Crippen molar-refractivity contribution in [3.05, 3.63) is 41.0 Å². The van der Waals surface area contributed by atoms with Crippen LogP contribution in [-0.4, -0.2) is 32.5 Å². The van der Waals surface area contributed by atoms with Gasteiger partial charge < -0.3 is 11.1 Å². The molecule has 3 N–H and O–H groups in total. The van der Waals surface area contributed by atoms with Gasteiger partial charge in [-0.3, -0.25) is 19.3 Å². The van der Waals surface area contributed by atoms with E-state index in [0.29, 0.717) is 6.92 Å². The van der Waals surface area contributed by atoms with Gasteiger partial charge in [-0.25, -0.2) is 8.78 Å². The van der Waals surface area contributed by atoms with Crippen LogP contribution < -0.4 is 11.1 Å². The third-order valence-corrected chi connectivity index (χ3v) is 6.06. The Labute approximate surface area is 182 Å². The van der Waals surface area contributed by atoms with Crippen molar-refractivity contribution in [2.45, 2.75) is 58.9 Å². The maximum atomic E-state index is 14.2. The number of hydrogen-bond acceptors (Lipinski definition) is 4. The van der Waals surface area contributed by atoms with Gasteiger partial charge in [-0.2, -0.15) is 13.9 Å². The average molecular weight is 455 g/mol. The van der Waals surface area contributed by atoms with Crippen molar-refractivity contribution in [1.29, 1.82) is 0 Å². The molecule has 2 unspecified atom stereocenters. The summed E-state index contributed by atoms with van der Waals surface area (Å²) in [6.07, 6.45) is 0.495. The quantitative estimate of drug-likeness (QED) is 0.640. The van der Waals surface area contributed by atoms with Crippen LogP contribution in [0.3, 0.4) is 0 Å². The number of carbonyl (C=O) groups excluding carboxylic acids is 2. The third-order valence-electron chi connectivity index (χ3n) is 6.06. The maximum absolute atomic E-state index is 14.2. The van der Waals surface area contributed by atoms with Crippen molar-refractivity contribution in [2.75, 3.05) is 5.32 Å². The summed E-state index contributed by atoms with van der Waals surface area (Å²) in [5.41, 5.74) is 3.50. The number of carbonyl (C=O) groups is 2. The predicted octanol–water partition coefficient (Wildman–Crippen LogP) is 4.12. The summed E-state index contributed by atoms with van der Waals surface area (Å²) >= 11 is 0. The monoisotopic (exact) mass is 455 g/mol. The Morgan fingerprint density at radius 2 is 2.03 bits per heavy atom. The standard InChI is InChI=1S/C21H25F4N5O2/c1-11-8-21(24,25)9-19(11,3)10-30-15(12(2)16(29-30)20(4,22)23)18(32)28-13-5-6-27-14(7-13)17(26)31/h5-7,11H,8-10H2,1-4H3,(H2,26,31)(H,27,28,32). The van der Waals surface area contributed by atoms with Crippen molar-refractivity contribution in [1.82, 2.24) is 14.8 Å². The van der Waals surface area contributed by atoms with Gasteiger partial charge in [0.1, 0.15) is 17.1 Å². The molecule has 0 bridgehead atoms. The number of nitrogens with one attached hydrogen (secondary N) is 1. The molecule has 0 aromatic carbocycles. The fourth-order valence-corrected chi connectivity index (χ4v) is 4.29. The molecule has 7 nitrogen and oxygen atoms in total. The van der Waals surface area contributed by atoms with Gasteiger partial charge in [0.15, 0.2) is 0 Å². The zero-order valence-corrected chi connectivity index (χ0v) is 18.2. The minimum atomic E-state index is -3.34. The number of nitrogens with zero attached hydrogens (tertiary/aromatic N) is 3. The van der Waals surface area contributed by atoms with E-state index in [1.54, 1.807) is 13.8 Å². The number of anilines is 1. The van der Waals surface area contributed by atoms with Crippen LogP contribution in [0.2, 0.25) is 0 Å². The number of nitrogens with two attached hydrogens (primary N) is 1. The average Bonchev–Trinajstić information content (AvgIpc) is 3.06. The predicted molar refractivity (Wildman–Crippen MR) is 109 cm³/mol. The van der Waals surface area contributed by atoms with Gasteiger partial charge in [0.2, 0.25) is 5.92 Å². The minimum Gasteiger partial charge on any atom is -0.364 e. The van der Waals surface area contributed by atoms with Crippen LogP contribution in [0.5, 0.6) is 0 Å². The molecule has 174 valence electrons. The highest BCUT2D eigenvalue weighted by Gasteiger charge is 2.52. The van der Waals surface area contributed by atoms with Crippen molar-refractivity contribution in [3.8, 4) is 0 Å². The van der Waals surface area contributed by atoms with Crippen LogP contribution in [0, 0.1) is 18.3 Å². The van der Waals surface area contributed by atoms with E-state index >= 15 is 0 Å². The van der Waals surface area contributed by atoms with Gasteiger partial charge >= 0.3 is 0 Å². The third kappa shape index (κ3) is 4.61. The molecule has 1 fully saturated rings. The van der Waals surface area contributed by atoms with Crippen molar-refractivity contribution >= 4 is 17.5 Å². The van der Waals surface area contributed by atoms with Crippen LogP contribution in [0.4, 0.5) is 23.2 Å². The fourth-order valence-electron chi connectivity index (χ4n) is 4.29. The first-order valence-electron chi connectivity index (χ1n) is 10.0. The van der Waals surface area contributed by atoms with Crippen molar-refractivity contribution < 1.29 is 27.2 Å². The van der Waals surface area contributed by atoms with Gasteiger partial charge in [0.05, 0.1) is 0 Å². The van der Waals surface area contributed by atoms with Crippen LogP contribution in [-0.2, 0) is 12.5 Å². The van der Waals surface area contributed by atoms with Crippen LogP contribution in [0.1, 0.15) is 65.8 Å². The number of rotatable bonds is 6. The lowest BCUT2D eigenvalue weighted by molar-refractivity contribution is -0.00508. The van der Waals surface area contributed by atoms with Gasteiger partial charge in [0, 0.05) is 43.8 Å². The second-order valence-electron chi connectivity index (χ2n) is 8.91. The van der Waals surface area contributed by atoms with Crippen LogP contribution in [0.25, 0.3) is 0 Å². The highest BCUT2D eigenvalue weighted by Crippen LogP contribution is 2.52. The molecule has 2 aromatic rings. The molecule has 2 aromatic heterocycles. The molecule has 1 saturated carbocycles. The molecular weight excluding hydrogens is 430 g/mol.